The molecule has 0 aliphatic carbocycles. The van der Waals surface area contributed by atoms with Gasteiger partial charge in [-0.1, -0.05) is 20.8 Å². The smallest absolute Gasteiger partial charge is 0.323 e. The number of ether oxygens (including phenoxy) is 3. The number of carbonyl (C=O) groups is 4. The summed E-state index contributed by atoms with van der Waals surface area (Å²) < 4.78 is 17.0. The molecule has 46 heavy (non-hydrogen) atoms. The molecule has 12 heteroatoms. The Morgan fingerprint density at radius 3 is 1.33 bits per heavy atom. The monoisotopic (exact) mass is 656 g/mol. The van der Waals surface area contributed by atoms with Crippen molar-refractivity contribution in [3.8, 4) is 0 Å². The third kappa shape index (κ3) is 20.1. The minimum absolute atomic E-state index is 0.00399. The maximum absolute atomic E-state index is 13.5. The van der Waals surface area contributed by atoms with Crippen LogP contribution in [-0.2, 0) is 33.4 Å². The van der Waals surface area contributed by atoms with Crippen LogP contribution >= 0.6 is 0 Å². The molecule has 0 aromatic rings. The number of esters is 3. The topological polar surface area (TPSA) is 129 Å². The van der Waals surface area contributed by atoms with Crippen molar-refractivity contribution >= 4 is 23.9 Å². The van der Waals surface area contributed by atoms with Crippen molar-refractivity contribution in [1.29, 1.82) is 0 Å². The molecule has 1 fully saturated rings. The third-order valence-corrected chi connectivity index (χ3v) is 6.87. The standard InChI is InChI=1S/C34H64N4O8/c1-31(2,3)25-37-18-17-35(23-28(41)44-32(4,5)6)15-16-36(24-29(42)45-33(7,8)9)19-21-38(22-20-37)26(13-14-27(39)40)30(43)46-34(10,11)12/h26H,13-25H2,1-12H3,(H,39,40). The van der Waals surface area contributed by atoms with Gasteiger partial charge in [0.2, 0.25) is 0 Å². The lowest BCUT2D eigenvalue weighted by atomic mass is 9.96. The first-order valence-corrected chi connectivity index (χ1v) is 16.6. The molecule has 1 rings (SSSR count). The van der Waals surface area contributed by atoms with Gasteiger partial charge in [-0.3, -0.25) is 33.9 Å². The van der Waals surface area contributed by atoms with E-state index in [0.29, 0.717) is 52.4 Å². The summed E-state index contributed by atoms with van der Waals surface area (Å²) in [5, 5.41) is 9.50. The fourth-order valence-corrected chi connectivity index (χ4v) is 5.20. The molecule has 1 heterocycles. The van der Waals surface area contributed by atoms with Gasteiger partial charge >= 0.3 is 23.9 Å². The highest BCUT2D eigenvalue weighted by atomic mass is 16.6. The molecule has 0 saturated carbocycles. The number of rotatable bonds is 10. The summed E-state index contributed by atoms with van der Waals surface area (Å²) in [7, 11) is 0. The van der Waals surface area contributed by atoms with Gasteiger partial charge in [0.25, 0.3) is 0 Å². The summed E-state index contributed by atoms with van der Waals surface area (Å²) in [5.74, 6) is -2.10. The van der Waals surface area contributed by atoms with Crippen LogP contribution in [0.4, 0.5) is 0 Å². The Kier molecular flexibility index (Phi) is 16.1. The number of nitrogens with zero attached hydrogens (tertiary/aromatic N) is 4. The zero-order valence-electron chi connectivity index (χ0n) is 30.9. The molecule has 0 aromatic heterocycles. The van der Waals surface area contributed by atoms with Crippen LogP contribution in [0.5, 0.6) is 0 Å². The molecular formula is C34H64N4O8. The van der Waals surface area contributed by atoms with Crippen molar-refractivity contribution < 1.29 is 38.5 Å². The number of carbonyl (C=O) groups excluding carboxylic acids is 3. The highest BCUT2D eigenvalue weighted by Crippen LogP contribution is 2.19. The van der Waals surface area contributed by atoms with E-state index in [4.69, 9.17) is 14.2 Å². The molecule has 1 unspecified atom stereocenters. The van der Waals surface area contributed by atoms with Gasteiger partial charge < -0.3 is 24.2 Å². The highest BCUT2D eigenvalue weighted by molar-refractivity contribution is 5.77. The molecule has 0 bridgehead atoms. The van der Waals surface area contributed by atoms with Gasteiger partial charge in [-0.25, -0.2) is 0 Å². The van der Waals surface area contributed by atoms with E-state index in [1.807, 2.05) is 51.3 Å². The summed E-state index contributed by atoms with van der Waals surface area (Å²) in [6.45, 7) is 28.1. The lowest BCUT2D eigenvalue weighted by molar-refractivity contribution is -0.163. The van der Waals surface area contributed by atoms with Crippen LogP contribution in [-0.4, -0.2) is 143 Å². The van der Waals surface area contributed by atoms with Gasteiger partial charge in [-0.05, 0) is 74.1 Å². The Balaban J connectivity index is 3.44. The van der Waals surface area contributed by atoms with E-state index in [0.717, 1.165) is 6.54 Å². The normalized spacial score (nSPS) is 18.6. The van der Waals surface area contributed by atoms with Crippen LogP contribution in [0.15, 0.2) is 0 Å². The largest absolute Gasteiger partial charge is 0.481 e. The number of aliphatic carboxylic acids is 1. The second-order valence-electron chi connectivity index (χ2n) is 16.6. The zero-order chi connectivity index (χ0) is 35.5. The molecule has 1 N–H and O–H groups in total. The minimum Gasteiger partial charge on any atom is -0.481 e. The van der Waals surface area contributed by atoms with Gasteiger partial charge in [-0.2, -0.15) is 0 Å². The van der Waals surface area contributed by atoms with E-state index in [1.54, 1.807) is 20.8 Å². The summed E-state index contributed by atoms with van der Waals surface area (Å²) >= 11 is 0. The molecular weight excluding hydrogens is 592 g/mol. The van der Waals surface area contributed by atoms with E-state index < -0.39 is 34.8 Å². The Bertz CT molecular complexity index is 991. The zero-order valence-corrected chi connectivity index (χ0v) is 30.9. The summed E-state index contributed by atoms with van der Waals surface area (Å²) in [6.07, 6.45) is -0.0629. The molecule has 1 atom stereocenters. The van der Waals surface area contributed by atoms with Crippen LogP contribution in [0.3, 0.4) is 0 Å². The van der Waals surface area contributed by atoms with Gasteiger partial charge in [-0.15, -0.1) is 0 Å². The van der Waals surface area contributed by atoms with Gasteiger partial charge in [0, 0.05) is 65.3 Å². The second kappa shape index (κ2) is 17.8. The molecule has 268 valence electrons. The molecule has 0 amide bonds. The van der Waals surface area contributed by atoms with Crippen LogP contribution in [0.1, 0.15) is 95.9 Å². The van der Waals surface area contributed by atoms with Gasteiger partial charge in [0.1, 0.15) is 22.8 Å². The Hall–Kier alpha value is -2.28. The maximum Gasteiger partial charge on any atom is 0.323 e. The van der Waals surface area contributed by atoms with E-state index in [2.05, 4.69) is 30.6 Å². The molecule has 12 nitrogen and oxygen atoms in total. The number of hydrogen-bond acceptors (Lipinski definition) is 11. The average Bonchev–Trinajstić information content (AvgIpc) is 2.80. The quantitative estimate of drug-likeness (QED) is 0.273. The van der Waals surface area contributed by atoms with Crippen LogP contribution < -0.4 is 0 Å². The maximum atomic E-state index is 13.5. The molecule has 1 aliphatic heterocycles. The lowest BCUT2D eigenvalue weighted by Gasteiger charge is -2.38. The van der Waals surface area contributed by atoms with E-state index >= 15 is 0 Å². The van der Waals surface area contributed by atoms with Gasteiger partial charge in [0.05, 0.1) is 13.1 Å². The fourth-order valence-electron chi connectivity index (χ4n) is 5.20. The summed E-state index contributed by atoms with van der Waals surface area (Å²) in [4.78, 5) is 59.3. The molecule has 0 radical (unpaired) electrons. The van der Waals surface area contributed by atoms with Crippen molar-refractivity contribution in [3.63, 3.8) is 0 Å². The van der Waals surface area contributed by atoms with Crippen LogP contribution in [0.2, 0.25) is 0 Å². The van der Waals surface area contributed by atoms with Crippen molar-refractivity contribution in [2.24, 2.45) is 5.41 Å². The highest BCUT2D eigenvalue weighted by Gasteiger charge is 2.33. The first kappa shape index (κ1) is 41.7. The molecule has 1 saturated heterocycles. The van der Waals surface area contributed by atoms with Crippen molar-refractivity contribution in [1.82, 2.24) is 19.6 Å². The van der Waals surface area contributed by atoms with Crippen LogP contribution in [0.25, 0.3) is 0 Å². The van der Waals surface area contributed by atoms with E-state index in [-0.39, 0.29) is 43.3 Å². The predicted molar refractivity (Wildman–Crippen MR) is 179 cm³/mol. The second-order valence-corrected chi connectivity index (χ2v) is 16.6. The predicted octanol–water partition coefficient (Wildman–Crippen LogP) is 3.51. The molecule has 0 spiro atoms. The van der Waals surface area contributed by atoms with E-state index in [9.17, 15) is 24.3 Å². The summed E-state index contributed by atoms with van der Waals surface area (Å²) in [6, 6.07) is -0.762. The lowest BCUT2D eigenvalue weighted by Crippen LogP contribution is -2.53. The Morgan fingerprint density at radius 2 is 0.957 bits per heavy atom. The van der Waals surface area contributed by atoms with Crippen molar-refractivity contribution in [2.45, 2.75) is 119 Å². The minimum atomic E-state index is -0.978. The Morgan fingerprint density at radius 1 is 0.587 bits per heavy atom. The third-order valence-electron chi connectivity index (χ3n) is 6.87. The summed E-state index contributed by atoms with van der Waals surface area (Å²) in [5.41, 5.74) is -1.98. The Labute approximate surface area is 278 Å². The first-order valence-electron chi connectivity index (χ1n) is 16.6. The first-order chi connectivity index (χ1) is 20.8. The molecule has 0 aromatic carbocycles. The van der Waals surface area contributed by atoms with Crippen molar-refractivity contribution in [3.05, 3.63) is 0 Å². The number of hydrogen-bond donors (Lipinski definition) is 1. The van der Waals surface area contributed by atoms with E-state index in [1.165, 1.54) is 0 Å². The van der Waals surface area contributed by atoms with Crippen LogP contribution in [0, 0.1) is 5.41 Å². The average molecular weight is 657 g/mol. The molecule has 1 aliphatic rings. The number of carboxylic acid groups (broad SMARTS) is 1. The SMILES string of the molecule is CC(C)(C)CN1CCN(CC(=O)OC(C)(C)C)CCN(CC(=O)OC(C)(C)C)CCN(C(CCC(=O)O)C(=O)OC(C)(C)C)CC1. The van der Waals surface area contributed by atoms with Gasteiger partial charge in [0.15, 0.2) is 0 Å². The number of carboxylic acids is 1. The van der Waals surface area contributed by atoms with Crippen molar-refractivity contribution in [2.75, 3.05) is 72.0 Å². The fraction of sp³-hybridized carbons (Fsp3) is 0.882.